The Labute approximate surface area is 152 Å². The van der Waals surface area contributed by atoms with E-state index >= 15 is 0 Å². The summed E-state index contributed by atoms with van der Waals surface area (Å²) in [7, 11) is 0. The highest BCUT2D eigenvalue weighted by molar-refractivity contribution is 8.00. The van der Waals surface area contributed by atoms with Gasteiger partial charge in [-0.05, 0) is 36.2 Å². The van der Waals surface area contributed by atoms with Crippen LogP contribution < -0.4 is 10.2 Å². The number of benzene rings is 2. The second kappa shape index (κ2) is 8.21. The first kappa shape index (κ1) is 17.5. The Balaban J connectivity index is 1.80. The Hall–Kier alpha value is -2.27. The highest BCUT2D eigenvalue weighted by atomic mass is 32.2. The molecule has 1 N–H and O–H groups in total. The molecule has 0 bridgehead atoms. The Morgan fingerprint density at radius 2 is 2.00 bits per heavy atom. The summed E-state index contributed by atoms with van der Waals surface area (Å²) in [6.45, 7) is 2.07. The molecule has 130 valence electrons. The Kier molecular flexibility index (Phi) is 5.76. The zero-order valence-electron chi connectivity index (χ0n) is 14.3. The van der Waals surface area contributed by atoms with Gasteiger partial charge in [0.25, 0.3) is 0 Å². The molecule has 1 heterocycles. The van der Waals surface area contributed by atoms with Crippen LogP contribution in [-0.4, -0.2) is 17.6 Å². The molecule has 0 saturated carbocycles. The van der Waals surface area contributed by atoms with Crippen LogP contribution in [0.25, 0.3) is 0 Å². The van der Waals surface area contributed by atoms with Gasteiger partial charge in [-0.2, -0.15) is 0 Å². The predicted molar refractivity (Wildman–Crippen MR) is 104 cm³/mol. The third-order valence-corrected chi connectivity index (χ3v) is 5.33. The number of hydrogen-bond donors (Lipinski definition) is 1. The summed E-state index contributed by atoms with van der Waals surface area (Å²) in [5.41, 5.74) is 2.71. The Morgan fingerprint density at radius 3 is 2.76 bits per heavy atom. The van der Waals surface area contributed by atoms with E-state index in [0.29, 0.717) is 12.2 Å². The number of hydrogen-bond acceptors (Lipinski definition) is 3. The smallest absolute Gasteiger partial charge is 0.238 e. The van der Waals surface area contributed by atoms with Gasteiger partial charge in [-0.1, -0.05) is 43.7 Å². The fourth-order valence-corrected chi connectivity index (χ4v) is 4.04. The number of amides is 2. The van der Waals surface area contributed by atoms with E-state index in [1.807, 2.05) is 59.5 Å². The number of carbonyl (C=O) groups excluding carboxylic acids is 2. The third-order valence-electron chi connectivity index (χ3n) is 4.12. The lowest BCUT2D eigenvalue weighted by Gasteiger charge is -2.24. The van der Waals surface area contributed by atoms with Crippen molar-refractivity contribution in [2.45, 2.75) is 31.6 Å². The molecular weight excluding hydrogens is 332 g/mol. The number of anilines is 2. The first-order valence-corrected chi connectivity index (χ1v) is 9.62. The Morgan fingerprint density at radius 1 is 1.20 bits per heavy atom. The van der Waals surface area contributed by atoms with Crippen molar-refractivity contribution in [3.05, 3.63) is 60.2 Å². The normalized spacial score (nSPS) is 16.9. The molecule has 0 radical (unpaired) electrons. The maximum Gasteiger partial charge on any atom is 0.238 e. The molecule has 2 aromatic rings. The van der Waals surface area contributed by atoms with E-state index in [9.17, 15) is 9.59 Å². The summed E-state index contributed by atoms with van der Waals surface area (Å²) in [4.78, 5) is 26.2. The van der Waals surface area contributed by atoms with Gasteiger partial charge in [0.1, 0.15) is 5.37 Å². The van der Waals surface area contributed by atoms with Crippen molar-refractivity contribution in [3.8, 4) is 0 Å². The number of unbranched alkanes of at least 4 members (excludes halogenated alkanes) is 1. The van der Waals surface area contributed by atoms with Gasteiger partial charge in [0, 0.05) is 17.8 Å². The van der Waals surface area contributed by atoms with Gasteiger partial charge in [-0.15, -0.1) is 11.8 Å². The van der Waals surface area contributed by atoms with Crippen molar-refractivity contribution in [1.82, 2.24) is 0 Å². The van der Waals surface area contributed by atoms with E-state index in [2.05, 4.69) is 12.2 Å². The minimum absolute atomic E-state index is 0.0362. The number of nitrogens with zero attached hydrogens (tertiary/aromatic N) is 1. The van der Waals surface area contributed by atoms with Crippen LogP contribution in [0.2, 0.25) is 0 Å². The zero-order chi connectivity index (χ0) is 17.6. The van der Waals surface area contributed by atoms with Gasteiger partial charge in [-0.3, -0.25) is 14.5 Å². The molecule has 1 aliphatic rings. The first-order valence-electron chi connectivity index (χ1n) is 8.57. The van der Waals surface area contributed by atoms with Crippen molar-refractivity contribution in [3.63, 3.8) is 0 Å². The van der Waals surface area contributed by atoms with Crippen LogP contribution in [0.3, 0.4) is 0 Å². The minimum atomic E-state index is -0.0672. The third kappa shape index (κ3) is 4.23. The van der Waals surface area contributed by atoms with E-state index in [0.717, 1.165) is 29.8 Å². The van der Waals surface area contributed by atoms with E-state index in [-0.39, 0.29) is 17.2 Å². The molecule has 2 amide bonds. The second-order valence-corrected chi connectivity index (χ2v) is 7.11. The van der Waals surface area contributed by atoms with Crippen LogP contribution >= 0.6 is 11.8 Å². The molecule has 0 spiro atoms. The number of thioether (sulfide) groups is 1. The second-order valence-electron chi connectivity index (χ2n) is 6.04. The molecule has 1 saturated heterocycles. The fourth-order valence-electron chi connectivity index (χ4n) is 2.87. The monoisotopic (exact) mass is 354 g/mol. The lowest BCUT2D eigenvalue weighted by atomic mass is 10.1. The molecule has 5 heteroatoms. The molecule has 1 unspecified atom stereocenters. The SMILES string of the molecule is CCCCC(=O)Nc1cccc(C2SCC(=O)N2c2ccccc2)c1. The molecule has 25 heavy (non-hydrogen) atoms. The van der Waals surface area contributed by atoms with Gasteiger partial charge < -0.3 is 5.32 Å². The fraction of sp³-hybridized carbons (Fsp3) is 0.300. The van der Waals surface area contributed by atoms with Gasteiger partial charge >= 0.3 is 0 Å². The predicted octanol–water partition coefficient (Wildman–Crippen LogP) is 4.59. The van der Waals surface area contributed by atoms with Crippen molar-refractivity contribution < 1.29 is 9.59 Å². The van der Waals surface area contributed by atoms with Gasteiger partial charge in [0.2, 0.25) is 11.8 Å². The molecule has 4 nitrogen and oxygen atoms in total. The summed E-state index contributed by atoms with van der Waals surface area (Å²) in [6.07, 6.45) is 2.42. The number of rotatable bonds is 6. The summed E-state index contributed by atoms with van der Waals surface area (Å²) >= 11 is 1.61. The van der Waals surface area contributed by atoms with Crippen molar-refractivity contribution in [2.75, 3.05) is 16.0 Å². The first-order chi connectivity index (χ1) is 12.2. The highest BCUT2D eigenvalue weighted by Gasteiger charge is 2.34. The van der Waals surface area contributed by atoms with Crippen LogP contribution in [0.1, 0.15) is 37.1 Å². The molecule has 2 aromatic carbocycles. The average Bonchev–Trinajstić information content (AvgIpc) is 3.02. The zero-order valence-corrected chi connectivity index (χ0v) is 15.1. The molecule has 0 aromatic heterocycles. The molecule has 0 aliphatic carbocycles. The summed E-state index contributed by atoms with van der Waals surface area (Å²) in [6, 6.07) is 17.5. The number of nitrogens with one attached hydrogen (secondary N) is 1. The van der Waals surface area contributed by atoms with E-state index in [4.69, 9.17) is 0 Å². The van der Waals surface area contributed by atoms with Gasteiger partial charge in [0.05, 0.1) is 5.75 Å². The summed E-state index contributed by atoms with van der Waals surface area (Å²) in [5.74, 6) is 0.611. The van der Waals surface area contributed by atoms with Crippen LogP contribution in [0.5, 0.6) is 0 Å². The standard InChI is InChI=1S/C20H22N2O2S/c1-2-3-12-18(23)21-16-9-7-8-15(13-16)20-22(19(24)14-25-20)17-10-5-4-6-11-17/h4-11,13,20H,2-3,12,14H2,1H3,(H,21,23). The van der Waals surface area contributed by atoms with E-state index < -0.39 is 0 Å². The van der Waals surface area contributed by atoms with Crippen LogP contribution in [-0.2, 0) is 9.59 Å². The van der Waals surface area contributed by atoms with Crippen LogP contribution in [0.15, 0.2) is 54.6 Å². The van der Waals surface area contributed by atoms with Crippen LogP contribution in [0.4, 0.5) is 11.4 Å². The topological polar surface area (TPSA) is 49.4 Å². The van der Waals surface area contributed by atoms with Crippen LogP contribution in [0, 0.1) is 0 Å². The largest absolute Gasteiger partial charge is 0.326 e. The number of carbonyl (C=O) groups is 2. The molecule has 3 rings (SSSR count). The van der Waals surface area contributed by atoms with Crippen molar-refractivity contribution in [1.29, 1.82) is 0 Å². The Bertz CT molecular complexity index is 748. The van der Waals surface area contributed by atoms with Gasteiger partial charge in [-0.25, -0.2) is 0 Å². The molecule has 1 aliphatic heterocycles. The summed E-state index contributed by atoms with van der Waals surface area (Å²) in [5, 5.41) is 2.89. The molecule has 1 fully saturated rings. The van der Waals surface area contributed by atoms with Gasteiger partial charge in [0.15, 0.2) is 0 Å². The number of para-hydroxylation sites is 1. The highest BCUT2D eigenvalue weighted by Crippen LogP contribution is 2.42. The maximum absolute atomic E-state index is 12.4. The van der Waals surface area contributed by atoms with E-state index in [1.54, 1.807) is 11.8 Å². The van der Waals surface area contributed by atoms with Crippen molar-refractivity contribution >= 4 is 35.0 Å². The van der Waals surface area contributed by atoms with Crippen molar-refractivity contribution in [2.24, 2.45) is 0 Å². The lowest BCUT2D eigenvalue weighted by molar-refractivity contribution is -0.116. The molecular formula is C20H22N2O2S. The summed E-state index contributed by atoms with van der Waals surface area (Å²) < 4.78 is 0. The minimum Gasteiger partial charge on any atom is -0.326 e. The lowest BCUT2D eigenvalue weighted by Crippen LogP contribution is -2.27. The average molecular weight is 354 g/mol. The quantitative estimate of drug-likeness (QED) is 0.825. The molecule has 1 atom stereocenters. The maximum atomic E-state index is 12.4. The van der Waals surface area contributed by atoms with E-state index in [1.165, 1.54) is 0 Å².